The Labute approximate surface area is 109 Å². The van der Waals surface area contributed by atoms with Crippen molar-refractivity contribution < 1.29 is 9.59 Å². The summed E-state index contributed by atoms with van der Waals surface area (Å²) in [4.78, 5) is 26.5. The highest BCUT2D eigenvalue weighted by Gasteiger charge is 2.16. The highest BCUT2D eigenvalue weighted by Crippen LogP contribution is 2.18. The van der Waals surface area contributed by atoms with Gasteiger partial charge in [-0.3, -0.25) is 10.1 Å². The zero-order chi connectivity index (χ0) is 13.0. The molecular weight excluding hydrogens is 252 g/mol. The number of aromatic nitrogens is 1. The average Bonchev–Trinajstić information content (AvgIpc) is 2.78. The summed E-state index contributed by atoms with van der Waals surface area (Å²) in [5, 5.41) is 7.43. The van der Waals surface area contributed by atoms with Gasteiger partial charge in [0.2, 0.25) is 0 Å². The van der Waals surface area contributed by atoms with Crippen LogP contribution in [0.2, 0.25) is 0 Å². The largest absolute Gasteiger partial charge is 0.364 e. The molecule has 2 rings (SSSR count). The zero-order valence-electron chi connectivity index (χ0n) is 9.94. The first-order valence-electron chi connectivity index (χ1n) is 5.98. The number of rotatable bonds is 3. The van der Waals surface area contributed by atoms with Crippen LogP contribution in [0.15, 0.2) is 5.38 Å². The van der Waals surface area contributed by atoms with Crippen LogP contribution in [-0.4, -0.2) is 23.0 Å². The van der Waals surface area contributed by atoms with Crippen LogP contribution >= 0.6 is 11.3 Å². The van der Waals surface area contributed by atoms with Crippen LogP contribution in [0.5, 0.6) is 0 Å². The average molecular weight is 268 g/mol. The predicted molar refractivity (Wildman–Crippen MR) is 69.7 cm³/mol. The smallest absolute Gasteiger partial charge is 0.321 e. The second kappa shape index (κ2) is 5.81. The zero-order valence-corrected chi connectivity index (χ0v) is 10.8. The molecule has 4 N–H and O–H groups in total. The fraction of sp³-hybridized carbons (Fsp3) is 0.545. The Kier molecular flexibility index (Phi) is 4.14. The molecule has 0 aliphatic heterocycles. The number of nitrogens with one attached hydrogen (secondary N) is 2. The molecule has 1 aromatic heterocycles. The van der Waals surface area contributed by atoms with Crippen LogP contribution in [0, 0.1) is 0 Å². The molecule has 1 fully saturated rings. The van der Waals surface area contributed by atoms with Gasteiger partial charge in [0.15, 0.2) is 5.13 Å². The van der Waals surface area contributed by atoms with Crippen molar-refractivity contribution >= 4 is 28.4 Å². The van der Waals surface area contributed by atoms with Crippen molar-refractivity contribution in [2.75, 3.05) is 5.32 Å². The first kappa shape index (κ1) is 12.8. The van der Waals surface area contributed by atoms with Gasteiger partial charge < -0.3 is 11.1 Å². The third-order valence-corrected chi connectivity index (χ3v) is 3.68. The summed E-state index contributed by atoms with van der Waals surface area (Å²) < 4.78 is 0. The third-order valence-electron chi connectivity index (χ3n) is 2.92. The molecule has 7 heteroatoms. The Balaban J connectivity index is 1.84. The van der Waals surface area contributed by atoms with Crippen molar-refractivity contribution in [3.63, 3.8) is 0 Å². The number of carbonyl (C=O) groups excluding carboxylic acids is 2. The summed E-state index contributed by atoms with van der Waals surface area (Å²) in [5.74, 6) is -0.591. The van der Waals surface area contributed by atoms with E-state index in [-0.39, 0.29) is 17.8 Å². The number of amides is 3. The van der Waals surface area contributed by atoms with Gasteiger partial charge in [0.05, 0.1) is 0 Å². The number of primary amides is 1. The number of hydrogen-bond acceptors (Lipinski definition) is 4. The summed E-state index contributed by atoms with van der Waals surface area (Å²) in [7, 11) is 0. The molecule has 0 aromatic carbocycles. The molecule has 0 unspecified atom stereocenters. The van der Waals surface area contributed by atoms with Crippen molar-refractivity contribution in [1.82, 2.24) is 10.3 Å². The van der Waals surface area contributed by atoms with E-state index in [9.17, 15) is 9.59 Å². The summed E-state index contributed by atoms with van der Waals surface area (Å²) >= 11 is 1.18. The first-order chi connectivity index (χ1) is 8.65. The number of anilines is 1. The molecule has 18 heavy (non-hydrogen) atoms. The van der Waals surface area contributed by atoms with E-state index >= 15 is 0 Å². The lowest BCUT2D eigenvalue weighted by atomic mass is 9.96. The maximum atomic E-state index is 11.7. The molecule has 6 nitrogen and oxygen atoms in total. The minimum atomic E-state index is -0.591. The van der Waals surface area contributed by atoms with Gasteiger partial charge in [0.25, 0.3) is 5.91 Å². The van der Waals surface area contributed by atoms with Gasteiger partial charge in [-0.25, -0.2) is 9.78 Å². The maximum Gasteiger partial charge on any atom is 0.321 e. The van der Waals surface area contributed by atoms with Gasteiger partial charge in [0.1, 0.15) is 5.69 Å². The quantitative estimate of drug-likeness (QED) is 0.778. The van der Waals surface area contributed by atoms with Gasteiger partial charge in [-0.05, 0) is 12.8 Å². The predicted octanol–water partition coefficient (Wildman–Crippen LogP) is 1.70. The number of carbonyl (C=O) groups is 2. The fourth-order valence-corrected chi connectivity index (χ4v) is 2.70. The van der Waals surface area contributed by atoms with E-state index in [4.69, 9.17) is 5.73 Å². The van der Waals surface area contributed by atoms with Crippen molar-refractivity contribution in [2.24, 2.45) is 5.73 Å². The molecule has 0 saturated heterocycles. The molecule has 0 bridgehead atoms. The fourth-order valence-electron chi connectivity index (χ4n) is 2.01. The Morgan fingerprint density at radius 2 is 2.06 bits per heavy atom. The number of nitrogens with two attached hydrogens (primary N) is 1. The Morgan fingerprint density at radius 3 is 2.67 bits per heavy atom. The van der Waals surface area contributed by atoms with E-state index < -0.39 is 5.91 Å². The Bertz CT molecular complexity index is 440. The van der Waals surface area contributed by atoms with Crippen LogP contribution in [0.4, 0.5) is 9.93 Å². The highest BCUT2D eigenvalue weighted by atomic mass is 32.1. The Morgan fingerprint density at radius 1 is 1.33 bits per heavy atom. The highest BCUT2D eigenvalue weighted by molar-refractivity contribution is 7.14. The summed E-state index contributed by atoms with van der Waals surface area (Å²) in [6.07, 6.45) is 5.62. The van der Waals surface area contributed by atoms with Crippen LogP contribution in [-0.2, 0) is 0 Å². The molecule has 1 saturated carbocycles. The number of hydrogen-bond donors (Lipinski definition) is 3. The minimum absolute atomic E-state index is 0.174. The van der Waals surface area contributed by atoms with Gasteiger partial charge in [0, 0.05) is 11.4 Å². The lowest BCUT2D eigenvalue weighted by molar-refractivity contribution is 0.0996. The topological polar surface area (TPSA) is 97.1 Å². The molecule has 1 heterocycles. The van der Waals surface area contributed by atoms with E-state index in [0.29, 0.717) is 5.13 Å². The molecule has 1 aliphatic carbocycles. The number of thiazole rings is 1. The number of urea groups is 1. The van der Waals surface area contributed by atoms with E-state index in [1.54, 1.807) is 0 Å². The van der Waals surface area contributed by atoms with Gasteiger partial charge in [-0.2, -0.15) is 0 Å². The van der Waals surface area contributed by atoms with Gasteiger partial charge in [-0.15, -0.1) is 11.3 Å². The number of nitrogens with zero attached hydrogens (tertiary/aromatic N) is 1. The first-order valence-corrected chi connectivity index (χ1v) is 6.86. The standard InChI is InChI=1S/C11H16N4O2S/c12-9(16)8-6-18-11(14-8)15-10(17)13-7-4-2-1-3-5-7/h6-7H,1-5H2,(H2,12,16)(H2,13,14,15,17). The van der Waals surface area contributed by atoms with E-state index in [1.165, 1.54) is 23.1 Å². The summed E-state index contributed by atoms with van der Waals surface area (Å²) in [6, 6.07) is -0.0263. The van der Waals surface area contributed by atoms with Crippen LogP contribution in [0.3, 0.4) is 0 Å². The molecule has 0 atom stereocenters. The molecular formula is C11H16N4O2S. The normalized spacial score (nSPS) is 16.2. The van der Waals surface area contributed by atoms with Crippen molar-refractivity contribution in [1.29, 1.82) is 0 Å². The molecule has 1 aliphatic rings. The molecule has 0 spiro atoms. The van der Waals surface area contributed by atoms with E-state index in [2.05, 4.69) is 15.6 Å². The van der Waals surface area contributed by atoms with Crippen LogP contribution < -0.4 is 16.4 Å². The van der Waals surface area contributed by atoms with E-state index in [0.717, 1.165) is 25.7 Å². The molecule has 98 valence electrons. The van der Waals surface area contributed by atoms with Gasteiger partial charge >= 0.3 is 6.03 Å². The van der Waals surface area contributed by atoms with Crippen molar-refractivity contribution in [3.05, 3.63) is 11.1 Å². The molecule has 0 radical (unpaired) electrons. The maximum absolute atomic E-state index is 11.7. The van der Waals surface area contributed by atoms with Gasteiger partial charge in [-0.1, -0.05) is 19.3 Å². The summed E-state index contributed by atoms with van der Waals surface area (Å²) in [6.45, 7) is 0. The second-order valence-corrected chi connectivity index (χ2v) is 5.19. The Hall–Kier alpha value is -1.63. The lowest BCUT2D eigenvalue weighted by Gasteiger charge is -2.22. The minimum Gasteiger partial charge on any atom is -0.364 e. The SMILES string of the molecule is NC(=O)c1csc(NC(=O)NC2CCCCC2)n1. The third kappa shape index (κ3) is 3.43. The monoisotopic (exact) mass is 268 g/mol. The molecule has 1 aromatic rings. The lowest BCUT2D eigenvalue weighted by Crippen LogP contribution is -2.39. The van der Waals surface area contributed by atoms with Crippen molar-refractivity contribution in [3.8, 4) is 0 Å². The van der Waals surface area contributed by atoms with E-state index in [1.807, 2.05) is 0 Å². The van der Waals surface area contributed by atoms with Crippen LogP contribution in [0.1, 0.15) is 42.6 Å². The molecule has 3 amide bonds. The summed E-state index contributed by atoms with van der Waals surface area (Å²) in [5.41, 5.74) is 5.26. The second-order valence-electron chi connectivity index (χ2n) is 4.34. The van der Waals surface area contributed by atoms with Crippen LogP contribution in [0.25, 0.3) is 0 Å². The van der Waals surface area contributed by atoms with Crippen molar-refractivity contribution in [2.45, 2.75) is 38.1 Å².